The van der Waals surface area contributed by atoms with Crippen LogP contribution in [0.1, 0.15) is 19.4 Å². The van der Waals surface area contributed by atoms with E-state index in [2.05, 4.69) is 20.1 Å². The van der Waals surface area contributed by atoms with Gasteiger partial charge >= 0.3 is 17.9 Å². The van der Waals surface area contributed by atoms with Gasteiger partial charge in [-0.25, -0.2) is 9.18 Å². The molecule has 0 radical (unpaired) electrons. The molecule has 1 aromatic carbocycles. The Labute approximate surface area is 178 Å². The van der Waals surface area contributed by atoms with Gasteiger partial charge in [0.25, 0.3) is 0 Å². The third-order valence-corrected chi connectivity index (χ3v) is 4.57. The van der Waals surface area contributed by atoms with Crippen molar-refractivity contribution in [3.63, 3.8) is 0 Å². The van der Waals surface area contributed by atoms with Crippen LogP contribution in [0, 0.1) is 17.7 Å². The minimum absolute atomic E-state index is 0.0517. The molecular weight excluding hydrogens is 415 g/mol. The van der Waals surface area contributed by atoms with Crippen molar-refractivity contribution in [3.05, 3.63) is 35.6 Å². The van der Waals surface area contributed by atoms with Crippen molar-refractivity contribution in [2.24, 2.45) is 11.8 Å². The quantitative estimate of drug-likeness (QED) is 0.341. The van der Waals surface area contributed by atoms with E-state index in [-0.39, 0.29) is 6.42 Å². The first-order valence-electron chi connectivity index (χ1n) is 9.22. The molecule has 0 saturated carbocycles. The number of hydrogen-bond acceptors (Lipinski definition) is 7. The molecule has 0 spiro atoms. The Morgan fingerprint density at radius 2 is 1.52 bits per heavy atom. The zero-order valence-electron chi connectivity index (χ0n) is 17.5. The van der Waals surface area contributed by atoms with Crippen molar-refractivity contribution >= 4 is 29.7 Å². The molecule has 1 aromatic rings. The van der Waals surface area contributed by atoms with E-state index in [1.54, 1.807) is 0 Å². The van der Waals surface area contributed by atoms with E-state index in [4.69, 9.17) is 0 Å². The highest BCUT2D eigenvalue weighted by molar-refractivity contribution is 5.97. The maximum absolute atomic E-state index is 13.1. The minimum atomic E-state index is -1.68. The Hall–Kier alpha value is -3.50. The molecule has 1 rings (SSSR count). The van der Waals surface area contributed by atoms with Crippen LogP contribution in [0.5, 0.6) is 0 Å². The first-order chi connectivity index (χ1) is 14.5. The molecule has 2 amide bonds. The van der Waals surface area contributed by atoms with E-state index in [9.17, 15) is 33.5 Å². The molecule has 11 heteroatoms. The van der Waals surface area contributed by atoms with E-state index < -0.39 is 59.5 Å². The summed E-state index contributed by atoms with van der Waals surface area (Å²) >= 11 is 0. The number of carbonyl (C=O) groups is 5. The number of ether oxygens (including phenoxy) is 2. The third kappa shape index (κ3) is 7.36. The molecule has 10 nitrogen and oxygen atoms in total. The van der Waals surface area contributed by atoms with Crippen LogP contribution < -0.4 is 10.6 Å². The number of carboxylic acids is 1. The molecular formula is C20H25FN2O8. The molecule has 0 bridgehead atoms. The monoisotopic (exact) mass is 440 g/mol. The second-order valence-electron chi connectivity index (χ2n) is 6.79. The van der Waals surface area contributed by atoms with Gasteiger partial charge in [-0.3, -0.25) is 19.2 Å². The van der Waals surface area contributed by atoms with Crippen LogP contribution in [-0.2, 0) is 39.9 Å². The maximum atomic E-state index is 13.1. The predicted octanol–water partition coefficient (Wildman–Crippen LogP) is 0.0406. The summed E-state index contributed by atoms with van der Waals surface area (Å²) < 4.78 is 22.2. The van der Waals surface area contributed by atoms with Crippen LogP contribution in [0.2, 0.25) is 0 Å². The first-order valence-corrected chi connectivity index (χ1v) is 9.22. The number of carbonyl (C=O) groups excluding carboxylic acids is 4. The standard InChI is InChI=1S/C20H25FN2O8/c1-10(15(19(28)30-3)20(29)31-4)16(18(26)27)23-17(25)14(22-11(2)24)9-12-5-7-13(21)8-6-12/h5-8,10,14-16H,9H2,1-4H3,(H,22,24)(H,23,25)(H,26,27)/t10-,14-,16-/m0/s1. The van der Waals surface area contributed by atoms with Crippen molar-refractivity contribution in [2.45, 2.75) is 32.4 Å². The van der Waals surface area contributed by atoms with E-state index >= 15 is 0 Å². The smallest absolute Gasteiger partial charge is 0.326 e. The second kappa shape index (κ2) is 11.6. The number of methoxy groups -OCH3 is 2. The van der Waals surface area contributed by atoms with Gasteiger partial charge in [-0.15, -0.1) is 0 Å². The zero-order valence-corrected chi connectivity index (χ0v) is 17.5. The van der Waals surface area contributed by atoms with Gasteiger partial charge in [-0.1, -0.05) is 19.1 Å². The van der Waals surface area contributed by atoms with E-state index in [1.807, 2.05) is 0 Å². The fourth-order valence-electron chi connectivity index (χ4n) is 2.95. The maximum Gasteiger partial charge on any atom is 0.326 e. The fraction of sp³-hybridized carbons (Fsp3) is 0.450. The Bertz CT molecular complexity index is 811. The van der Waals surface area contributed by atoms with Gasteiger partial charge in [0, 0.05) is 19.3 Å². The average Bonchev–Trinajstić information content (AvgIpc) is 2.71. The highest BCUT2D eigenvalue weighted by atomic mass is 19.1. The van der Waals surface area contributed by atoms with Crippen LogP contribution in [0.3, 0.4) is 0 Å². The third-order valence-electron chi connectivity index (χ3n) is 4.57. The summed E-state index contributed by atoms with van der Waals surface area (Å²) in [5, 5.41) is 14.2. The first kappa shape index (κ1) is 25.5. The molecule has 0 saturated heterocycles. The topological polar surface area (TPSA) is 148 Å². The number of aliphatic carboxylic acids is 1. The number of esters is 2. The van der Waals surface area contributed by atoms with Gasteiger partial charge in [0.1, 0.15) is 17.9 Å². The second-order valence-corrected chi connectivity index (χ2v) is 6.79. The lowest BCUT2D eigenvalue weighted by Crippen LogP contribution is -2.56. The summed E-state index contributed by atoms with van der Waals surface area (Å²) in [6, 6.07) is 2.32. The zero-order chi connectivity index (χ0) is 23.7. The number of carboxylic acid groups (broad SMARTS) is 1. The minimum Gasteiger partial charge on any atom is -0.480 e. The van der Waals surface area contributed by atoms with E-state index in [0.717, 1.165) is 14.2 Å². The van der Waals surface area contributed by atoms with Crippen LogP contribution >= 0.6 is 0 Å². The summed E-state index contributed by atoms with van der Waals surface area (Å²) in [4.78, 5) is 60.1. The predicted molar refractivity (Wildman–Crippen MR) is 104 cm³/mol. The van der Waals surface area contributed by atoms with Gasteiger partial charge in [-0.05, 0) is 17.7 Å². The molecule has 3 atom stereocenters. The Kier molecular flexibility index (Phi) is 9.58. The fourth-order valence-corrected chi connectivity index (χ4v) is 2.95. The number of amides is 2. The Morgan fingerprint density at radius 1 is 1.00 bits per heavy atom. The van der Waals surface area contributed by atoms with Gasteiger partial charge in [-0.2, -0.15) is 0 Å². The highest BCUT2D eigenvalue weighted by Crippen LogP contribution is 2.20. The van der Waals surface area contributed by atoms with Crippen molar-refractivity contribution in [2.75, 3.05) is 14.2 Å². The molecule has 31 heavy (non-hydrogen) atoms. The lowest BCUT2D eigenvalue weighted by Gasteiger charge is -2.27. The van der Waals surface area contributed by atoms with Gasteiger partial charge in [0.2, 0.25) is 11.8 Å². The summed E-state index contributed by atoms with van der Waals surface area (Å²) in [7, 11) is 2.05. The van der Waals surface area contributed by atoms with Crippen LogP contribution in [0.25, 0.3) is 0 Å². The molecule has 0 aliphatic carbocycles. The van der Waals surface area contributed by atoms with Crippen LogP contribution in [0.15, 0.2) is 24.3 Å². The Morgan fingerprint density at radius 3 is 1.94 bits per heavy atom. The van der Waals surface area contributed by atoms with Crippen molar-refractivity contribution in [1.82, 2.24) is 10.6 Å². The number of nitrogens with one attached hydrogen (secondary N) is 2. The number of hydrogen-bond donors (Lipinski definition) is 3. The molecule has 0 aliphatic heterocycles. The van der Waals surface area contributed by atoms with Crippen molar-refractivity contribution < 1.29 is 42.9 Å². The van der Waals surface area contributed by atoms with Gasteiger partial charge in [0.15, 0.2) is 5.92 Å². The summed E-state index contributed by atoms with van der Waals surface area (Å²) in [5.41, 5.74) is 0.511. The number of halogens is 1. The normalized spacial score (nSPS) is 13.5. The summed E-state index contributed by atoms with van der Waals surface area (Å²) in [5.74, 6) is -8.31. The van der Waals surface area contributed by atoms with Gasteiger partial charge in [0.05, 0.1) is 14.2 Å². The molecule has 0 aliphatic rings. The van der Waals surface area contributed by atoms with Gasteiger partial charge < -0.3 is 25.2 Å². The highest BCUT2D eigenvalue weighted by Gasteiger charge is 2.42. The molecule has 0 fully saturated rings. The molecule has 0 unspecified atom stereocenters. The van der Waals surface area contributed by atoms with Crippen molar-refractivity contribution in [3.8, 4) is 0 Å². The molecule has 0 aromatic heterocycles. The summed E-state index contributed by atoms with van der Waals surface area (Å²) in [6.07, 6.45) is -0.0517. The Balaban J connectivity index is 3.12. The lowest BCUT2D eigenvalue weighted by atomic mass is 9.87. The van der Waals surface area contributed by atoms with Crippen LogP contribution in [0.4, 0.5) is 4.39 Å². The molecule has 0 heterocycles. The van der Waals surface area contributed by atoms with Crippen LogP contribution in [-0.4, -0.2) is 61.1 Å². The molecule has 170 valence electrons. The number of rotatable bonds is 10. The van der Waals surface area contributed by atoms with Crippen molar-refractivity contribution in [1.29, 1.82) is 0 Å². The van der Waals surface area contributed by atoms with E-state index in [0.29, 0.717) is 5.56 Å². The number of benzene rings is 1. The van der Waals surface area contributed by atoms with E-state index in [1.165, 1.54) is 38.1 Å². The SMILES string of the molecule is COC(=O)C(C(=O)OC)[C@H](C)[C@H](NC(=O)[C@H](Cc1ccc(F)cc1)NC(C)=O)C(=O)O. The average molecular weight is 440 g/mol. The largest absolute Gasteiger partial charge is 0.480 e. The molecule has 3 N–H and O–H groups in total. The lowest BCUT2D eigenvalue weighted by molar-refractivity contribution is -0.163. The summed E-state index contributed by atoms with van der Waals surface area (Å²) in [6.45, 7) is 2.44.